The number of likely N-dealkylation sites (tertiary alicyclic amines) is 1. The van der Waals surface area contributed by atoms with E-state index in [0.717, 1.165) is 44.5 Å². The van der Waals surface area contributed by atoms with Gasteiger partial charge in [-0.25, -0.2) is 13.1 Å². The average Bonchev–Trinajstić information content (AvgIpc) is 2.96. The summed E-state index contributed by atoms with van der Waals surface area (Å²) in [7, 11) is -3.47. The summed E-state index contributed by atoms with van der Waals surface area (Å²) in [5.41, 5.74) is 1.07. The molecule has 0 radical (unpaired) electrons. The van der Waals surface area contributed by atoms with E-state index in [9.17, 15) is 8.42 Å². The van der Waals surface area contributed by atoms with Gasteiger partial charge in [0, 0.05) is 32.1 Å². The van der Waals surface area contributed by atoms with Crippen LogP contribution >= 0.6 is 11.6 Å². The fraction of sp³-hybridized carbons (Fsp3) is 0.429. The number of hydrogen-bond donors (Lipinski definition) is 1. The Morgan fingerprint density at radius 2 is 1.79 bits per heavy atom. The van der Waals surface area contributed by atoms with E-state index in [1.54, 1.807) is 24.3 Å². The molecule has 8 heteroatoms. The van der Waals surface area contributed by atoms with Crippen LogP contribution in [0.4, 0.5) is 0 Å². The number of fused-ring (bicyclic) bond motifs is 1. The average molecular weight is 437 g/mol. The van der Waals surface area contributed by atoms with Gasteiger partial charge in [-0.05, 0) is 42.7 Å². The van der Waals surface area contributed by atoms with E-state index in [2.05, 4.69) is 9.62 Å². The summed E-state index contributed by atoms with van der Waals surface area (Å²) in [5, 5.41) is 0.574. The van der Waals surface area contributed by atoms with Crippen LogP contribution in [0.25, 0.3) is 0 Å². The smallest absolute Gasteiger partial charge is 0.240 e. The van der Waals surface area contributed by atoms with Crippen molar-refractivity contribution in [1.29, 1.82) is 0 Å². The van der Waals surface area contributed by atoms with Gasteiger partial charge < -0.3 is 9.47 Å². The Bertz CT molecular complexity index is 945. The van der Waals surface area contributed by atoms with Gasteiger partial charge in [0.25, 0.3) is 0 Å². The predicted molar refractivity (Wildman–Crippen MR) is 112 cm³/mol. The second-order valence-electron chi connectivity index (χ2n) is 7.44. The van der Waals surface area contributed by atoms with Crippen LogP contribution in [-0.4, -0.2) is 45.7 Å². The molecule has 1 fully saturated rings. The summed E-state index contributed by atoms with van der Waals surface area (Å²) in [6, 6.07) is 12.4. The zero-order chi connectivity index (χ0) is 20.3. The van der Waals surface area contributed by atoms with Crippen LogP contribution in [0.2, 0.25) is 5.02 Å². The third kappa shape index (κ3) is 5.04. The van der Waals surface area contributed by atoms with Gasteiger partial charge in [0.05, 0.1) is 23.1 Å². The van der Waals surface area contributed by atoms with Crippen molar-refractivity contribution in [1.82, 2.24) is 9.62 Å². The number of ether oxygens (including phenoxy) is 2. The monoisotopic (exact) mass is 436 g/mol. The molecular weight excluding hydrogens is 412 g/mol. The van der Waals surface area contributed by atoms with Crippen LogP contribution in [-0.2, 0) is 16.6 Å². The predicted octanol–water partition coefficient (Wildman–Crippen LogP) is 3.44. The lowest BCUT2D eigenvalue weighted by Crippen LogP contribution is -2.44. The number of hydrogen-bond acceptors (Lipinski definition) is 5. The van der Waals surface area contributed by atoms with Crippen molar-refractivity contribution in [3.05, 3.63) is 53.1 Å². The molecule has 6 nitrogen and oxygen atoms in total. The SMILES string of the molecule is O=S(=O)(NC1CCN(Cc2cc(Cl)c3c(c2)OCCCO3)CC1)c1ccccc1. The van der Waals surface area contributed by atoms with Gasteiger partial charge in [-0.2, -0.15) is 0 Å². The molecular formula is C21H25ClN2O4S. The Labute approximate surface area is 176 Å². The normalized spacial score (nSPS) is 18.4. The highest BCUT2D eigenvalue weighted by atomic mass is 35.5. The maximum atomic E-state index is 12.5. The van der Waals surface area contributed by atoms with Gasteiger partial charge in [-0.3, -0.25) is 4.90 Å². The Morgan fingerprint density at radius 3 is 2.55 bits per heavy atom. The van der Waals surface area contributed by atoms with Crippen LogP contribution in [0.3, 0.4) is 0 Å². The van der Waals surface area contributed by atoms with Crippen molar-refractivity contribution >= 4 is 21.6 Å². The van der Waals surface area contributed by atoms with Gasteiger partial charge in [-0.15, -0.1) is 0 Å². The molecule has 0 aromatic heterocycles. The molecule has 156 valence electrons. The fourth-order valence-corrected chi connectivity index (χ4v) is 5.34. The molecule has 29 heavy (non-hydrogen) atoms. The molecule has 0 atom stereocenters. The topological polar surface area (TPSA) is 67.9 Å². The molecule has 0 spiro atoms. The Balaban J connectivity index is 1.35. The Hall–Kier alpha value is -1.80. The van der Waals surface area contributed by atoms with E-state index in [4.69, 9.17) is 21.1 Å². The number of nitrogens with zero attached hydrogens (tertiary/aromatic N) is 1. The van der Waals surface area contributed by atoms with Crippen molar-refractivity contribution < 1.29 is 17.9 Å². The molecule has 0 amide bonds. The van der Waals surface area contributed by atoms with Crippen molar-refractivity contribution in [2.24, 2.45) is 0 Å². The number of sulfonamides is 1. The first-order valence-electron chi connectivity index (χ1n) is 9.89. The molecule has 2 aromatic rings. The molecule has 2 aromatic carbocycles. The van der Waals surface area contributed by atoms with E-state index in [0.29, 0.717) is 34.6 Å². The van der Waals surface area contributed by atoms with Crippen LogP contribution in [0.15, 0.2) is 47.4 Å². The summed E-state index contributed by atoms with van der Waals surface area (Å²) in [6.07, 6.45) is 2.38. The summed E-state index contributed by atoms with van der Waals surface area (Å²) in [5.74, 6) is 1.33. The largest absolute Gasteiger partial charge is 0.489 e. The summed E-state index contributed by atoms with van der Waals surface area (Å²) in [4.78, 5) is 2.62. The molecule has 1 N–H and O–H groups in total. The van der Waals surface area contributed by atoms with E-state index in [1.807, 2.05) is 18.2 Å². The summed E-state index contributed by atoms with van der Waals surface area (Å²) >= 11 is 6.39. The van der Waals surface area contributed by atoms with E-state index in [-0.39, 0.29) is 6.04 Å². The standard InChI is InChI=1S/C21H25ClN2O4S/c22-19-13-16(14-20-21(19)28-12-4-11-27-20)15-24-9-7-17(8-10-24)23-29(25,26)18-5-2-1-3-6-18/h1-3,5-6,13-14,17,23H,4,7-12,15H2. The molecule has 2 aliphatic rings. The first-order chi connectivity index (χ1) is 14.0. The van der Waals surface area contributed by atoms with Crippen LogP contribution < -0.4 is 14.2 Å². The number of piperidine rings is 1. The fourth-order valence-electron chi connectivity index (χ4n) is 3.73. The number of halogens is 1. The molecule has 0 aliphatic carbocycles. The maximum Gasteiger partial charge on any atom is 0.240 e. The van der Waals surface area contributed by atoms with Crippen molar-refractivity contribution in [3.63, 3.8) is 0 Å². The lowest BCUT2D eigenvalue weighted by atomic mass is 10.1. The van der Waals surface area contributed by atoms with Crippen LogP contribution in [0, 0.1) is 0 Å². The Morgan fingerprint density at radius 1 is 1.07 bits per heavy atom. The lowest BCUT2D eigenvalue weighted by molar-refractivity contribution is 0.199. The quantitative estimate of drug-likeness (QED) is 0.777. The van der Waals surface area contributed by atoms with E-state index >= 15 is 0 Å². The molecule has 0 saturated carbocycles. The van der Waals surface area contributed by atoms with Crippen molar-refractivity contribution in [3.8, 4) is 11.5 Å². The third-order valence-electron chi connectivity index (χ3n) is 5.23. The van der Waals surface area contributed by atoms with Gasteiger partial charge in [0.15, 0.2) is 11.5 Å². The van der Waals surface area contributed by atoms with Crippen molar-refractivity contribution in [2.45, 2.75) is 36.7 Å². The molecule has 4 rings (SSSR count). The second-order valence-corrected chi connectivity index (χ2v) is 9.56. The van der Waals surface area contributed by atoms with Crippen LogP contribution in [0.5, 0.6) is 11.5 Å². The summed E-state index contributed by atoms with van der Waals surface area (Å²) < 4.78 is 39.3. The third-order valence-corrected chi connectivity index (χ3v) is 7.05. The molecule has 1 saturated heterocycles. The Kier molecular flexibility index (Phi) is 6.29. The second kappa shape index (κ2) is 8.92. The zero-order valence-corrected chi connectivity index (χ0v) is 17.7. The number of benzene rings is 2. The molecule has 0 unspecified atom stereocenters. The molecule has 0 bridgehead atoms. The maximum absolute atomic E-state index is 12.5. The minimum atomic E-state index is -3.47. The van der Waals surface area contributed by atoms with E-state index < -0.39 is 10.0 Å². The lowest BCUT2D eigenvalue weighted by Gasteiger charge is -2.32. The minimum Gasteiger partial charge on any atom is -0.489 e. The number of nitrogens with one attached hydrogen (secondary N) is 1. The van der Waals surface area contributed by atoms with Crippen LogP contribution in [0.1, 0.15) is 24.8 Å². The van der Waals surface area contributed by atoms with Gasteiger partial charge >= 0.3 is 0 Å². The highest BCUT2D eigenvalue weighted by Crippen LogP contribution is 2.38. The number of rotatable bonds is 5. The summed E-state index contributed by atoms with van der Waals surface area (Å²) in [6.45, 7) is 3.61. The van der Waals surface area contributed by atoms with Gasteiger partial charge in [-0.1, -0.05) is 29.8 Å². The van der Waals surface area contributed by atoms with Gasteiger partial charge in [0.1, 0.15) is 0 Å². The zero-order valence-electron chi connectivity index (χ0n) is 16.1. The van der Waals surface area contributed by atoms with Gasteiger partial charge in [0.2, 0.25) is 10.0 Å². The molecule has 2 heterocycles. The first kappa shape index (κ1) is 20.5. The van der Waals surface area contributed by atoms with E-state index in [1.165, 1.54) is 0 Å². The minimum absolute atomic E-state index is 0.0520. The first-order valence-corrected chi connectivity index (χ1v) is 11.8. The highest BCUT2D eigenvalue weighted by Gasteiger charge is 2.25. The molecule has 2 aliphatic heterocycles. The highest BCUT2D eigenvalue weighted by molar-refractivity contribution is 7.89. The van der Waals surface area contributed by atoms with Crippen molar-refractivity contribution in [2.75, 3.05) is 26.3 Å².